The van der Waals surface area contributed by atoms with Crippen LogP contribution in [0.15, 0.2) is 36.8 Å². The van der Waals surface area contributed by atoms with Crippen LogP contribution in [0.25, 0.3) is 5.69 Å². The summed E-state index contributed by atoms with van der Waals surface area (Å²) in [5.74, 6) is 0. The maximum atomic E-state index is 5.70. The van der Waals surface area contributed by atoms with Crippen LogP contribution in [0.3, 0.4) is 0 Å². The van der Waals surface area contributed by atoms with Gasteiger partial charge in [0.05, 0.1) is 18.6 Å². The van der Waals surface area contributed by atoms with Crippen LogP contribution in [0.4, 0.5) is 5.69 Å². The molecule has 1 aliphatic heterocycles. The summed E-state index contributed by atoms with van der Waals surface area (Å²) in [6, 6.07) is 8.43. The first-order valence-corrected chi connectivity index (χ1v) is 9.43. The van der Waals surface area contributed by atoms with Crippen molar-refractivity contribution in [3.8, 4) is 5.69 Å². The molecule has 1 aromatic carbocycles. The molecule has 1 unspecified atom stereocenters. The molecule has 3 aromatic rings. The second-order valence-electron chi connectivity index (χ2n) is 6.35. The molecule has 0 amide bonds. The fourth-order valence-electron chi connectivity index (χ4n) is 3.01. The number of aromatic nitrogens is 3. The second kappa shape index (κ2) is 6.98. The molecule has 2 aromatic heterocycles. The van der Waals surface area contributed by atoms with Gasteiger partial charge < -0.3 is 14.6 Å². The summed E-state index contributed by atoms with van der Waals surface area (Å²) in [5, 5.41) is 4.58. The fourth-order valence-corrected chi connectivity index (χ4v) is 3.95. The molecule has 6 heteroatoms. The van der Waals surface area contributed by atoms with Gasteiger partial charge in [-0.1, -0.05) is 0 Å². The van der Waals surface area contributed by atoms with Gasteiger partial charge in [-0.15, -0.1) is 11.3 Å². The van der Waals surface area contributed by atoms with E-state index in [9.17, 15) is 0 Å². The molecule has 3 heterocycles. The number of nitrogens with zero attached hydrogens (tertiary/aromatic N) is 3. The van der Waals surface area contributed by atoms with Crippen molar-refractivity contribution in [1.82, 2.24) is 14.5 Å². The van der Waals surface area contributed by atoms with Crippen LogP contribution in [0.1, 0.15) is 40.2 Å². The molecule has 25 heavy (non-hydrogen) atoms. The smallest absolute Gasteiger partial charge is 0.122 e. The summed E-state index contributed by atoms with van der Waals surface area (Å²) in [6.45, 7) is 5.76. The van der Waals surface area contributed by atoms with Gasteiger partial charge >= 0.3 is 0 Å². The first-order chi connectivity index (χ1) is 12.2. The van der Waals surface area contributed by atoms with Crippen molar-refractivity contribution in [2.24, 2.45) is 0 Å². The molecule has 1 atom stereocenters. The van der Waals surface area contributed by atoms with E-state index in [1.165, 1.54) is 10.6 Å². The molecule has 5 nitrogen and oxygen atoms in total. The highest BCUT2D eigenvalue weighted by Gasteiger charge is 2.20. The minimum Gasteiger partial charge on any atom is -0.380 e. The van der Waals surface area contributed by atoms with Crippen LogP contribution in [-0.4, -0.2) is 21.1 Å². The molecular formula is C19H22N4OS. The summed E-state index contributed by atoms with van der Waals surface area (Å²) >= 11 is 1.74. The third kappa shape index (κ3) is 3.45. The molecule has 1 saturated heterocycles. The monoisotopic (exact) mass is 354 g/mol. The normalized spacial score (nSPS) is 17.1. The molecule has 1 fully saturated rings. The quantitative estimate of drug-likeness (QED) is 0.737. The number of benzene rings is 1. The first kappa shape index (κ1) is 16.3. The minimum absolute atomic E-state index is 0.208. The summed E-state index contributed by atoms with van der Waals surface area (Å²) in [6.07, 6.45) is 6.27. The highest BCUT2D eigenvalue weighted by atomic mass is 32.1. The van der Waals surface area contributed by atoms with Crippen LogP contribution in [0.5, 0.6) is 0 Å². The highest BCUT2D eigenvalue weighted by Crippen LogP contribution is 2.31. The third-order valence-corrected chi connectivity index (χ3v) is 5.73. The Morgan fingerprint density at radius 1 is 1.24 bits per heavy atom. The van der Waals surface area contributed by atoms with Gasteiger partial charge in [-0.05, 0) is 51.0 Å². The van der Waals surface area contributed by atoms with E-state index in [0.717, 1.165) is 48.1 Å². The number of anilines is 1. The lowest BCUT2D eigenvalue weighted by molar-refractivity contribution is 0.111. The summed E-state index contributed by atoms with van der Waals surface area (Å²) in [5.41, 5.74) is 4.47. The molecule has 1 aliphatic rings. The van der Waals surface area contributed by atoms with Crippen LogP contribution in [0.2, 0.25) is 0 Å². The minimum atomic E-state index is 0.208. The zero-order valence-corrected chi connectivity index (χ0v) is 15.3. The van der Waals surface area contributed by atoms with E-state index in [1.807, 2.05) is 19.4 Å². The van der Waals surface area contributed by atoms with E-state index < -0.39 is 0 Å². The average molecular weight is 354 g/mol. The topological polar surface area (TPSA) is 52.0 Å². The number of ether oxygens (including phenoxy) is 1. The number of aryl methyl sites for hydroxylation is 1. The number of imidazole rings is 1. The van der Waals surface area contributed by atoms with Gasteiger partial charge in [-0.25, -0.2) is 9.97 Å². The van der Waals surface area contributed by atoms with E-state index in [4.69, 9.17) is 4.74 Å². The lowest BCUT2D eigenvalue weighted by Gasteiger charge is -2.08. The molecule has 1 N–H and O–H groups in total. The van der Waals surface area contributed by atoms with Crippen LogP contribution in [0, 0.1) is 13.8 Å². The van der Waals surface area contributed by atoms with Gasteiger partial charge in [0.15, 0.2) is 0 Å². The van der Waals surface area contributed by atoms with Gasteiger partial charge in [0.25, 0.3) is 0 Å². The van der Waals surface area contributed by atoms with E-state index in [2.05, 4.69) is 51.0 Å². The Kier molecular flexibility index (Phi) is 4.55. The van der Waals surface area contributed by atoms with Crippen molar-refractivity contribution in [2.45, 2.75) is 39.3 Å². The zero-order chi connectivity index (χ0) is 17.2. The van der Waals surface area contributed by atoms with Crippen molar-refractivity contribution in [3.63, 3.8) is 0 Å². The van der Waals surface area contributed by atoms with E-state index in [1.54, 1.807) is 11.3 Å². The summed E-state index contributed by atoms with van der Waals surface area (Å²) in [7, 11) is 0. The lowest BCUT2D eigenvalue weighted by atomic mass is 10.2. The fraction of sp³-hybridized carbons (Fsp3) is 0.368. The Morgan fingerprint density at radius 3 is 2.76 bits per heavy atom. The predicted molar refractivity (Wildman–Crippen MR) is 100 cm³/mol. The highest BCUT2D eigenvalue weighted by molar-refractivity contribution is 7.11. The third-order valence-electron chi connectivity index (χ3n) is 4.64. The van der Waals surface area contributed by atoms with Crippen molar-refractivity contribution in [3.05, 3.63) is 58.1 Å². The van der Waals surface area contributed by atoms with E-state index in [-0.39, 0.29) is 6.10 Å². The number of thiazole rings is 1. The van der Waals surface area contributed by atoms with Crippen LogP contribution < -0.4 is 5.32 Å². The molecular weight excluding hydrogens is 332 g/mol. The SMILES string of the molecule is Cc1ncn(-c2ccc(NCc3cnc(C4CCCO4)s3)cc2)c1C. The average Bonchev–Trinajstić information content (AvgIpc) is 3.36. The Balaban J connectivity index is 1.39. The predicted octanol–water partition coefficient (Wildman–Crippen LogP) is 4.41. The Hall–Kier alpha value is -2.18. The number of hydrogen-bond acceptors (Lipinski definition) is 5. The molecule has 4 rings (SSSR count). The number of nitrogens with one attached hydrogen (secondary N) is 1. The van der Waals surface area contributed by atoms with Crippen LogP contribution >= 0.6 is 11.3 Å². The molecule has 0 bridgehead atoms. The first-order valence-electron chi connectivity index (χ1n) is 8.62. The van der Waals surface area contributed by atoms with Gasteiger partial charge in [0.2, 0.25) is 0 Å². The Bertz CT molecular complexity index is 847. The second-order valence-corrected chi connectivity index (χ2v) is 7.50. The van der Waals surface area contributed by atoms with E-state index >= 15 is 0 Å². The molecule has 130 valence electrons. The summed E-state index contributed by atoms with van der Waals surface area (Å²) < 4.78 is 7.81. The maximum Gasteiger partial charge on any atom is 0.122 e. The van der Waals surface area contributed by atoms with Gasteiger partial charge in [0, 0.05) is 34.7 Å². The Labute approximate surface area is 151 Å². The maximum absolute atomic E-state index is 5.70. The molecule has 0 saturated carbocycles. The standard InChI is InChI=1S/C19H22N4OS/c1-13-14(2)23(12-22-13)16-7-5-15(6-8-16)20-10-17-11-21-19(25-17)18-4-3-9-24-18/h5-8,11-12,18,20H,3-4,9-10H2,1-2H3. The molecule has 0 aliphatic carbocycles. The van der Waals surface area contributed by atoms with Gasteiger partial charge in [-0.2, -0.15) is 0 Å². The number of rotatable bonds is 5. The van der Waals surface area contributed by atoms with Gasteiger partial charge in [-0.3, -0.25) is 0 Å². The largest absolute Gasteiger partial charge is 0.380 e. The summed E-state index contributed by atoms with van der Waals surface area (Å²) in [4.78, 5) is 10.1. The number of hydrogen-bond donors (Lipinski definition) is 1. The van der Waals surface area contributed by atoms with E-state index in [0.29, 0.717) is 0 Å². The zero-order valence-electron chi connectivity index (χ0n) is 14.5. The van der Waals surface area contributed by atoms with Gasteiger partial charge in [0.1, 0.15) is 11.1 Å². The molecule has 0 spiro atoms. The van der Waals surface area contributed by atoms with Crippen molar-refractivity contribution < 1.29 is 4.74 Å². The molecule has 0 radical (unpaired) electrons. The van der Waals surface area contributed by atoms with Crippen molar-refractivity contribution in [1.29, 1.82) is 0 Å². The lowest BCUT2D eigenvalue weighted by Crippen LogP contribution is -1.99. The van der Waals surface area contributed by atoms with Crippen LogP contribution in [-0.2, 0) is 11.3 Å². The van der Waals surface area contributed by atoms with Crippen molar-refractivity contribution >= 4 is 17.0 Å². The van der Waals surface area contributed by atoms with Crippen molar-refractivity contribution in [2.75, 3.05) is 11.9 Å². The Morgan fingerprint density at radius 2 is 2.08 bits per heavy atom.